The molecule has 1 N–H and O–H groups in total. The Labute approximate surface area is 199 Å². The largest absolute Gasteiger partial charge is 0.272 e. The van der Waals surface area contributed by atoms with Gasteiger partial charge in [-0.05, 0) is 37.3 Å². The van der Waals surface area contributed by atoms with Crippen molar-refractivity contribution in [3.63, 3.8) is 0 Å². The smallest absolute Gasteiger partial charge is 0.250 e. The Morgan fingerprint density at radius 1 is 1.09 bits per heavy atom. The van der Waals surface area contributed by atoms with Crippen LogP contribution in [0.5, 0.6) is 0 Å². The maximum absolute atomic E-state index is 13.6. The molecular formula is C24H19ClFN5OS. The molecule has 0 saturated heterocycles. The summed E-state index contributed by atoms with van der Waals surface area (Å²) >= 11 is 7.28. The highest BCUT2D eigenvalue weighted by Gasteiger charge is 2.17. The summed E-state index contributed by atoms with van der Waals surface area (Å²) < 4.78 is 15.5. The number of halogens is 2. The lowest BCUT2D eigenvalue weighted by Crippen LogP contribution is -2.20. The van der Waals surface area contributed by atoms with E-state index in [-0.39, 0.29) is 17.2 Å². The van der Waals surface area contributed by atoms with Gasteiger partial charge in [-0.2, -0.15) is 5.10 Å². The van der Waals surface area contributed by atoms with Crippen LogP contribution in [0.15, 0.2) is 83.1 Å². The zero-order valence-corrected chi connectivity index (χ0v) is 19.1. The molecule has 1 aromatic heterocycles. The first-order chi connectivity index (χ1) is 16.0. The molecule has 3 aromatic carbocycles. The van der Waals surface area contributed by atoms with Gasteiger partial charge >= 0.3 is 0 Å². The van der Waals surface area contributed by atoms with Gasteiger partial charge in [-0.3, -0.25) is 9.36 Å². The first-order valence-electron chi connectivity index (χ1n) is 9.99. The van der Waals surface area contributed by atoms with Crippen molar-refractivity contribution in [2.75, 3.05) is 5.75 Å². The quantitative estimate of drug-likeness (QED) is 0.222. The van der Waals surface area contributed by atoms with E-state index in [4.69, 9.17) is 11.6 Å². The van der Waals surface area contributed by atoms with Gasteiger partial charge in [-0.25, -0.2) is 9.82 Å². The molecule has 0 aliphatic carbocycles. The van der Waals surface area contributed by atoms with Crippen LogP contribution >= 0.6 is 23.4 Å². The van der Waals surface area contributed by atoms with E-state index in [0.29, 0.717) is 16.0 Å². The number of aromatic nitrogens is 3. The topological polar surface area (TPSA) is 72.2 Å². The lowest BCUT2D eigenvalue weighted by Gasteiger charge is -2.10. The average molecular weight is 480 g/mol. The molecule has 4 aromatic rings. The number of hydrogen-bond acceptors (Lipinski definition) is 5. The maximum atomic E-state index is 13.6. The van der Waals surface area contributed by atoms with Gasteiger partial charge in [-0.1, -0.05) is 71.4 Å². The minimum Gasteiger partial charge on any atom is -0.272 e. The average Bonchev–Trinajstić information content (AvgIpc) is 3.24. The van der Waals surface area contributed by atoms with Crippen LogP contribution in [-0.2, 0) is 4.79 Å². The van der Waals surface area contributed by atoms with Crippen LogP contribution in [0.3, 0.4) is 0 Å². The van der Waals surface area contributed by atoms with Crippen LogP contribution in [0.1, 0.15) is 11.1 Å². The van der Waals surface area contributed by atoms with Gasteiger partial charge in [0.25, 0.3) is 5.91 Å². The van der Waals surface area contributed by atoms with E-state index in [1.807, 2.05) is 47.9 Å². The standard InChI is InChI=1S/C24H19ClFN5OS/c1-16-6-8-17(9-7-16)23-29-30-24(31(23)20-12-10-19(25)11-13-20)33-15-22(32)28-27-14-18-4-2-3-5-21(18)26/h2-14H,15H2,1H3,(H,28,32)/b27-14-. The zero-order chi connectivity index (χ0) is 23.2. The molecule has 0 spiro atoms. The van der Waals surface area contributed by atoms with E-state index < -0.39 is 5.82 Å². The molecule has 4 rings (SSSR count). The molecule has 1 heterocycles. The normalized spacial score (nSPS) is 11.1. The van der Waals surface area contributed by atoms with E-state index in [0.717, 1.165) is 16.8 Å². The molecule has 0 fully saturated rings. The molecule has 9 heteroatoms. The highest BCUT2D eigenvalue weighted by molar-refractivity contribution is 7.99. The van der Waals surface area contributed by atoms with Gasteiger partial charge in [-0.15, -0.1) is 10.2 Å². The molecule has 1 amide bonds. The van der Waals surface area contributed by atoms with Crippen LogP contribution in [-0.4, -0.2) is 32.6 Å². The van der Waals surface area contributed by atoms with Crippen molar-refractivity contribution in [1.29, 1.82) is 0 Å². The van der Waals surface area contributed by atoms with E-state index >= 15 is 0 Å². The molecule has 0 atom stereocenters. The van der Waals surface area contributed by atoms with Crippen molar-refractivity contribution >= 4 is 35.5 Å². The Morgan fingerprint density at radius 3 is 2.55 bits per heavy atom. The number of carbonyl (C=O) groups is 1. The number of thioether (sulfide) groups is 1. The van der Waals surface area contributed by atoms with Crippen molar-refractivity contribution in [3.8, 4) is 17.1 Å². The third-order valence-electron chi connectivity index (χ3n) is 4.66. The molecule has 0 unspecified atom stereocenters. The fourth-order valence-electron chi connectivity index (χ4n) is 2.99. The van der Waals surface area contributed by atoms with Crippen molar-refractivity contribution in [2.24, 2.45) is 5.10 Å². The predicted molar refractivity (Wildman–Crippen MR) is 129 cm³/mol. The number of nitrogens with zero attached hydrogens (tertiary/aromatic N) is 4. The number of benzene rings is 3. The van der Waals surface area contributed by atoms with Crippen molar-refractivity contribution in [1.82, 2.24) is 20.2 Å². The van der Waals surface area contributed by atoms with Gasteiger partial charge in [0.2, 0.25) is 0 Å². The predicted octanol–water partition coefficient (Wildman–Crippen LogP) is 5.28. The second-order valence-electron chi connectivity index (χ2n) is 7.09. The molecule has 0 saturated carbocycles. The number of hydrazone groups is 1. The highest BCUT2D eigenvalue weighted by atomic mass is 35.5. The lowest BCUT2D eigenvalue weighted by molar-refractivity contribution is -0.118. The van der Waals surface area contributed by atoms with Crippen LogP contribution in [0.25, 0.3) is 17.1 Å². The molecule has 166 valence electrons. The SMILES string of the molecule is Cc1ccc(-c2nnc(SCC(=O)N/N=C\c3ccccc3F)n2-c2ccc(Cl)cc2)cc1. The summed E-state index contributed by atoms with van der Waals surface area (Å²) in [5.41, 5.74) is 5.55. The third kappa shape index (κ3) is 5.66. The summed E-state index contributed by atoms with van der Waals surface area (Å²) in [6, 6.07) is 21.4. The van der Waals surface area contributed by atoms with Crippen LogP contribution in [0.4, 0.5) is 4.39 Å². The number of amides is 1. The molecule has 6 nitrogen and oxygen atoms in total. The van der Waals surface area contributed by atoms with E-state index in [9.17, 15) is 9.18 Å². The summed E-state index contributed by atoms with van der Waals surface area (Å²) in [6.45, 7) is 2.02. The number of hydrogen-bond donors (Lipinski definition) is 1. The number of nitrogens with one attached hydrogen (secondary N) is 1. The molecule has 0 radical (unpaired) electrons. The number of aryl methyl sites for hydroxylation is 1. The first-order valence-corrected chi connectivity index (χ1v) is 11.4. The molecule has 0 bridgehead atoms. The van der Waals surface area contributed by atoms with E-state index in [1.54, 1.807) is 30.3 Å². The molecule has 33 heavy (non-hydrogen) atoms. The van der Waals surface area contributed by atoms with Gasteiger partial charge in [0.05, 0.1) is 12.0 Å². The minimum atomic E-state index is -0.412. The summed E-state index contributed by atoms with van der Waals surface area (Å²) in [5, 5.41) is 13.6. The Morgan fingerprint density at radius 2 is 1.82 bits per heavy atom. The maximum Gasteiger partial charge on any atom is 0.250 e. The Balaban J connectivity index is 1.52. The summed E-state index contributed by atoms with van der Waals surface area (Å²) in [6.07, 6.45) is 1.27. The van der Waals surface area contributed by atoms with Crippen LogP contribution < -0.4 is 5.43 Å². The summed E-state index contributed by atoms with van der Waals surface area (Å²) in [4.78, 5) is 12.3. The lowest BCUT2D eigenvalue weighted by atomic mass is 10.1. The Hall–Kier alpha value is -3.49. The Bertz CT molecular complexity index is 1290. The zero-order valence-electron chi connectivity index (χ0n) is 17.6. The second-order valence-corrected chi connectivity index (χ2v) is 8.47. The van der Waals surface area contributed by atoms with E-state index in [1.165, 1.54) is 24.0 Å². The monoisotopic (exact) mass is 479 g/mol. The molecule has 0 aliphatic rings. The van der Waals surface area contributed by atoms with Crippen molar-refractivity contribution in [3.05, 3.63) is 94.8 Å². The molecule has 0 aliphatic heterocycles. The van der Waals surface area contributed by atoms with Crippen LogP contribution in [0.2, 0.25) is 5.02 Å². The number of rotatable bonds is 7. The third-order valence-corrected chi connectivity index (χ3v) is 5.84. The summed E-state index contributed by atoms with van der Waals surface area (Å²) in [5.74, 6) is -0.0636. The summed E-state index contributed by atoms with van der Waals surface area (Å²) in [7, 11) is 0. The van der Waals surface area contributed by atoms with Gasteiger partial charge < -0.3 is 0 Å². The van der Waals surface area contributed by atoms with Crippen LogP contribution in [0, 0.1) is 12.7 Å². The fraction of sp³-hybridized carbons (Fsp3) is 0.0833. The van der Waals surface area contributed by atoms with Crippen molar-refractivity contribution in [2.45, 2.75) is 12.1 Å². The second kappa shape index (κ2) is 10.4. The Kier molecular flexibility index (Phi) is 7.16. The van der Waals surface area contributed by atoms with Gasteiger partial charge in [0.1, 0.15) is 5.82 Å². The van der Waals surface area contributed by atoms with Gasteiger partial charge in [0, 0.05) is 21.8 Å². The van der Waals surface area contributed by atoms with Gasteiger partial charge in [0.15, 0.2) is 11.0 Å². The number of carbonyl (C=O) groups excluding carboxylic acids is 1. The molecular weight excluding hydrogens is 461 g/mol. The highest BCUT2D eigenvalue weighted by Crippen LogP contribution is 2.28. The fourth-order valence-corrected chi connectivity index (χ4v) is 3.86. The minimum absolute atomic E-state index is 0.0498. The first kappa shape index (κ1) is 22.7. The van der Waals surface area contributed by atoms with E-state index in [2.05, 4.69) is 20.7 Å². The van der Waals surface area contributed by atoms with Crippen molar-refractivity contribution < 1.29 is 9.18 Å².